The van der Waals surface area contributed by atoms with Crippen molar-refractivity contribution in [1.29, 1.82) is 0 Å². The van der Waals surface area contributed by atoms with Gasteiger partial charge in [-0.2, -0.15) is 0 Å². The Labute approximate surface area is 48.7 Å². The van der Waals surface area contributed by atoms with Gasteiger partial charge in [0.1, 0.15) is 0 Å². The van der Waals surface area contributed by atoms with Crippen molar-refractivity contribution < 1.29 is 4.39 Å². The van der Waals surface area contributed by atoms with Crippen LogP contribution in [0, 0.1) is 0 Å². The molecule has 0 aromatic carbocycles. The van der Waals surface area contributed by atoms with Crippen molar-refractivity contribution in [3.05, 3.63) is 0 Å². The molecule has 0 saturated carbocycles. The number of alkyl halides is 1. The van der Waals surface area contributed by atoms with E-state index in [-0.39, 0.29) is 0 Å². The van der Waals surface area contributed by atoms with E-state index in [4.69, 9.17) is 0 Å². The summed E-state index contributed by atoms with van der Waals surface area (Å²) in [4.78, 5) is 1.93. The molecule has 0 atom stereocenters. The summed E-state index contributed by atoms with van der Waals surface area (Å²) < 4.78 is 12.7. The highest BCUT2D eigenvalue weighted by molar-refractivity contribution is 4.90. The highest BCUT2D eigenvalue weighted by Crippen LogP contribution is 2.18. The second kappa shape index (κ2) is 1.67. The molecular formula is C5H11FN2. The van der Waals surface area contributed by atoms with Gasteiger partial charge in [-0.25, -0.2) is 4.39 Å². The number of likely N-dealkylation sites (N-methyl/N-ethyl adjacent to an activating group) is 2. The summed E-state index contributed by atoms with van der Waals surface area (Å²) in [6.07, 6.45) is 0. The smallest absolute Gasteiger partial charge is 0.186 e. The second-order valence-electron chi connectivity index (χ2n) is 2.39. The maximum atomic E-state index is 12.7. The van der Waals surface area contributed by atoms with Gasteiger partial charge in [-0.1, -0.05) is 0 Å². The van der Waals surface area contributed by atoms with E-state index < -0.39 is 5.79 Å². The Balaban J connectivity index is 2.30. The predicted molar refractivity (Wildman–Crippen MR) is 30.4 cm³/mol. The zero-order valence-corrected chi connectivity index (χ0v) is 5.24. The van der Waals surface area contributed by atoms with Crippen molar-refractivity contribution in [3.8, 4) is 0 Å². The molecule has 1 heterocycles. The van der Waals surface area contributed by atoms with Crippen molar-refractivity contribution in [2.75, 3.05) is 27.2 Å². The Kier molecular flexibility index (Phi) is 1.25. The Morgan fingerprint density at radius 3 is 2.25 bits per heavy atom. The van der Waals surface area contributed by atoms with Crippen LogP contribution in [0.2, 0.25) is 0 Å². The van der Waals surface area contributed by atoms with Gasteiger partial charge in [0.25, 0.3) is 0 Å². The minimum Gasteiger partial charge on any atom is -0.297 e. The highest BCUT2D eigenvalue weighted by Gasteiger charge is 2.39. The third kappa shape index (κ3) is 0.833. The number of nitrogens with zero attached hydrogens (tertiary/aromatic N) is 1. The molecule has 0 aromatic rings. The van der Waals surface area contributed by atoms with Crippen molar-refractivity contribution in [2.45, 2.75) is 5.79 Å². The van der Waals surface area contributed by atoms with Crippen molar-refractivity contribution in [3.63, 3.8) is 0 Å². The number of likely N-dealkylation sites (tertiary alicyclic amines) is 1. The third-order valence-electron chi connectivity index (χ3n) is 1.49. The quantitative estimate of drug-likeness (QED) is 0.480. The number of hydrogen-bond acceptors (Lipinski definition) is 2. The lowest BCUT2D eigenvalue weighted by molar-refractivity contribution is -0.0365. The molecule has 1 aliphatic heterocycles. The van der Waals surface area contributed by atoms with Crippen LogP contribution in [0.15, 0.2) is 0 Å². The first kappa shape index (κ1) is 5.98. The Bertz CT molecular complexity index is 88.4. The van der Waals surface area contributed by atoms with Crippen LogP contribution in [0.1, 0.15) is 0 Å². The van der Waals surface area contributed by atoms with Crippen molar-refractivity contribution >= 4 is 0 Å². The molecule has 1 fully saturated rings. The molecule has 0 aromatic heterocycles. The van der Waals surface area contributed by atoms with E-state index in [1.165, 1.54) is 0 Å². The van der Waals surface area contributed by atoms with Crippen LogP contribution in [0.4, 0.5) is 4.39 Å². The van der Waals surface area contributed by atoms with Crippen LogP contribution in [0.5, 0.6) is 0 Å². The van der Waals surface area contributed by atoms with Gasteiger partial charge >= 0.3 is 0 Å². The van der Waals surface area contributed by atoms with E-state index in [0.717, 1.165) is 0 Å². The van der Waals surface area contributed by atoms with Crippen LogP contribution >= 0.6 is 0 Å². The molecule has 0 bridgehead atoms. The van der Waals surface area contributed by atoms with Crippen LogP contribution < -0.4 is 5.32 Å². The first-order valence-electron chi connectivity index (χ1n) is 2.73. The first-order chi connectivity index (χ1) is 3.66. The number of nitrogens with one attached hydrogen (secondary N) is 1. The van der Waals surface area contributed by atoms with Gasteiger partial charge in [-0.3, -0.25) is 10.2 Å². The van der Waals surface area contributed by atoms with Gasteiger partial charge in [0, 0.05) is 13.1 Å². The fourth-order valence-corrected chi connectivity index (χ4v) is 0.967. The monoisotopic (exact) mass is 118 g/mol. The fourth-order valence-electron chi connectivity index (χ4n) is 0.967. The number of halogens is 1. The average molecular weight is 118 g/mol. The van der Waals surface area contributed by atoms with Gasteiger partial charge in [-0.15, -0.1) is 0 Å². The van der Waals surface area contributed by atoms with E-state index in [9.17, 15) is 4.39 Å². The molecule has 0 spiro atoms. The first-order valence-corrected chi connectivity index (χ1v) is 2.73. The standard InChI is InChI=1S/C5H11FN2/c1-7-5(6)3-8(2)4-5/h7H,3-4H2,1-2H3. The normalized spacial score (nSPS) is 27.4. The van der Waals surface area contributed by atoms with Gasteiger partial charge in [0.05, 0.1) is 0 Å². The minimum absolute atomic E-state index is 0.517. The zero-order chi connectivity index (χ0) is 6.20. The van der Waals surface area contributed by atoms with Crippen LogP contribution in [-0.2, 0) is 0 Å². The average Bonchev–Trinajstić information content (AvgIpc) is 1.63. The molecule has 2 nitrogen and oxygen atoms in total. The third-order valence-corrected chi connectivity index (χ3v) is 1.49. The lowest BCUT2D eigenvalue weighted by atomic mass is 10.1. The van der Waals surface area contributed by atoms with E-state index in [2.05, 4.69) is 5.32 Å². The lowest BCUT2D eigenvalue weighted by Gasteiger charge is -2.41. The maximum Gasteiger partial charge on any atom is 0.186 e. The molecule has 48 valence electrons. The molecule has 0 radical (unpaired) electrons. The molecular weight excluding hydrogens is 107 g/mol. The summed E-state index contributed by atoms with van der Waals surface area (Å²) in [5.41, 5.74) is 0. The van der Waals surface area contributed by atoms with Crippen molar-refractivity contribution in [2.24, 2.45) is 0 Å². The summed E-state index contributed by atoms with van der Waals surface area (Å²) in [5.74, 6) is -1.09. The molecule has 0 aliphatic carbocycles. The SMILES string of the molecule is CNC1(F)CN(C)C1. The molecule has 1 N–H and O–H groups in total. The molecule has 0 unspecified atom stereocenters. The summed E-state index contributed by atoms with van der Waals surface area (Å²) in [6.45, 7) is 1.03. The van der Waals surface area contributed by atoms with E-state index in [0.29, 0.717) is 13.1 Å². The van der Waals surface area contributed by atoms with Crippen LogP contribution in [0.3, 0.4) is 0 Å². The topological polar surface area (TPSA) is 15.3 Å². The van der Waals surface area contributed by atoms with Gasteiger partial charge in [-0.05, 0) is 14.1 Å². The Morgan fingerprint density at radius 1 is 1.62 bits per heavy atom. The molecule has 8 heavy (non-hydrogen) atoms. The van der Waals surface area contributed by atoms with Crippen LogP contribution in [0.25, 0.3) is 0 Å². The summed E-state index contributed by atoms with van der Waals surface area (Å²) in [7, 11) is 3.54. The molecule has 1 rings (SSSR count). The number of hydrogen-bond donors (Lipinski definition) is 1. The van der Waals surface area contributed by atoms with Crippen LogP contribution in [-0.4, -0.2) is 37.9 Å². The molecule has 1 aliphatic rings. The minimum atomic E-state index is -1.09. The highest BCUT2D eigenvalue weighted by atomic mass is 19.1. The maximum absolute atomic E-state index is 12.7. The largest absolute Gasteiger partial charge is 0.297 e. The van der Waals surface area contributed by atoms with E-state index >= 15 is 0 Å². The molecule has 0 amide bonds. The van der Waals surface area contributed by atoms with Crippen molar-refractivity contribution in [1.82, 2.24) is 10.2 Å². The fraction of sp³-hybridized carbons (Fsp3) is 1.00. The molecule has 1 saturated heterocycles. The lowest BCUT2D eigenvalue weighted by Crippen LogP contribution is -2.64. The Morgan fingerprint density at radius 2 is 2.12 bits per heavy atom. The predicted octanol–water partition coefficient (Wildman–Crippen LogP) is -0.183. The van der Waals surface area contributed by atoms with E-state index in [1.54, 1.807) is 7.05 Å². The summed E-state index contributed by atoms with van der Waals surface area (Å²) in [5, 5.41) is 2.60. The number of rotatable bonds is 1. The zero-order valence-electron chi connectivity index (χ0n) is 5.24. The van der Waals surface area contributed by atoms with E-state index in [1.807, 2.05) is 11.9 Å². The second-order valence-corrected chi connectivity index (χ2v) is 2.39. The molecule has 3 heteroatoms. The summed E-state index contributed by atoms with van der Waals surface area (Å²) in [6, 6.07) is 0. The van der Waals surface area contributed by atoms with Gasteiger partial charge < -0.3 is 0 Å². The Hall–Kier alpha value is -0.150. The van der Waals surface area contributed by atoms with Gasteiger partial charge in [0.2, 0.25) is 0 Å². The summed E-state index contributed by atoms with van der Waals surface area (Å²) >= 11 is 0. The van der Waals surface area contributed by atoms with Gasteiger partial charge in [0.15, 0.2) is 5.79 Å².